The summed E-state index contributed by atoms with van der Waals surface area (Å²) in [5.74, 6) is 0. The highest BCUT2D eigenvalue weighted by Gasteiger charge is 2.16. The van der Waals surface area contributed by atoms with Gasteiger partial charge in [0.25, 0.3) is 0 Å². The van der Waals surface area contributed by atoms with Gasteiger partial charge >= 0.3 is 6.09 Å². The molecule has 108 valence electrons. The van der Waals surface area contributed by atoms with Gasteiger partial charge in [-0.1, -0.05) is 6.92 Å². The molecular formula is C13H29N3O2. The molecule has 5 nitrogen and oxygen atoms in total. The Labute approximate surface area is 111 Å². The fourth-order valence-corrected chi connectivity index (χ4v) is 1.28. The van der Waals surface area contributed by atoms with E-state index in [-0.39, 0.29) is 12.1 Å². The van der Waals surface area contributed by atoms with Crippen molar-refractivity contribution < 1.29 is 9.53 Å². The zero-order chi connectivity index (χ0) is 14.2. The van der Waals surface area contributed by atoms with Crippen molar-refractivity contribution in [1.29, 1.82) is 0 Å². The van der Waals surface area contributed by atoms with E-state index in [2.05, 4.69) is 29.5 Å². The lowest BCUT2D eigenvalue weighted by Gasteiger charge is -2.21. The van der Waals surface area contributed by atoms with Gasteiger partial charge < -0.3 is 20.3 Å². The minimum Gasteiger partial charge on any atom is -0.444 e. The monoisotopic (exact) mass is 259 g/mol. The fourth-order valence-electron chi connectivity index (χ4n) is 1.28. The van der Waals surface area contributed by atoms with Gasteiger partial charge in [-0.2, -0.15) is 0 Å². The molecule has 0 aromatic carbocycles. The van der Waals surface area contributed by atoms with Gasteiger partial charge in [0.1, 0.15) is 5.60 Å². The molecule has 0 radical (unpaired) electrons. The minimum atomic E-state index is -0.440. The van der Waals surface area contributed by atoms with E-state index in [1.807, 2.05) is 27.7 Å². The number of amides is 1. The van der Waals surface area contributed by atoms with Crippen molar-refractivity contribution in [3.63, 3.8) is 0 Å². The Balaban J connectivity index is 3.64. The third-order valence-electron chi connectivity index (χ3n) is 2.48. The molecule has 0 rings (SSSR count). The number of ether oxygens (including phenoxy) is 1. The van der Waals surface area contributed by atoms with Gasteiger partial charge in [0.2, 0.25) is 0 Å². The lowest BCUT2D eigenvalue weighted by molar-refractivity contribution is 0.0523. The van der Waals surface area contributed by atoms with Crippen molar-refractivity contribution in [3.05, 3.63) is 0 Å². The maximum Gasteiger partial charge on any atom is 0.407 e. The number of nitrogens with one attached hydrogen (secondary N) is 2. The Bertz CT molecular complexity index is 239. The molecule has 0 aliphatic carbocycles. The SMILES string of the molecule is CCN(C)CCNC(C)CNC(=O)OC(C)(C)C. The second-order valence-corrected chi connectivity index (χ2v) is 5.63. The second kappa shape index (κ2) is 8.32. The largest absolute Gasteiger partial charge is 0.444 e. The summed E-state index contributed by atoms with van der Waals surface area (Å²) in [6, 6.07) is 0.239. The summed E-state index contributed by atoms with van der Waals surface area (Å²) in [4.78, 5) is 13.7. The summed E-state index contributed by atoms with van der Waals surface area (Å²) in [6.07, 6.45) is -0.359. The van der Waals surface area contributed by atoms with E-state index in [9.17, 15) is 4.79 Å². The first-order valence-corrected chi connectivity index (χ1v) is 6.63. The topological polar surface area (TPSA) is 53.6 Å². The predicted molar refractivity (Wildman–Crippen MR) is 74.9 cm³/mol. The molecule has 0 saturated heterocycles. The van der Waals surface area contributed by atoms with Crippen LogP contribution in [-0.2, 0) is 4.74 Å². The average Bonchev–Trinajstić information content (AvgIpc) is 2.23. The number of nitrogens with zero attached hydrogens (tertiary/aromatic N) is 1. The van der Waals surface area contributed by atoms with Crippen LogP contribution in [0, 0.1) is 0 Å². The van der Waals surface area contributed by atoms with E-state index in [4.69, 9.17) is 4.74 Å². The van der Waals surface area contributed by atoms with Crippen LogP contribution < -0.4 is 10.6 Å². The zero-order valence-corrected chi connectivity index (χ0v) is 12.7. The van der Waals surface area contributed by atoms with Gasteiger partial charge in [-0.25, -0.2) is 4.79 Å². The predicted octanol–water partition coefficient (Wildman–Crippen LogP) is 1.44. The van der Waals surface area contributed by atoms with E-state index in [1.165, 1.54) is 0 Å². The van der Waals surface area contributed by atoms with Gasteiger partial charge in [0, 0.05) is 25.7 Å². The lowest BCUT2D eigenvalue weighted by Crippen LogP contribution is -2.43. The van der Waals surface area contributed by atoms with Crippen molar-refractivity contribution in [2.45, 2.75) is 46.3 Å². The molecule has 0 bridgehead atoms. The first-order valence-electron chi connectivity index (χ1n) is 6.63. The molecule has 0 fully saturated rings. The van der Waals surface area contributed by atoms with Gasteiger partial charge in [-0.15, -0.1) is 0 Å². The Morgan fingerprint density at radius 3 is 2.50 bits per heavy atom. The van der Waals surface area contributed by atoms with Crippen molar-refractivity contribution in [3.8, 4) is 0 Å². The summed E-state index contributed by atoms with van der Waals surface area (Å²) in [5, 5.41) is 6.11. The summed E-state index contributed by atoms with van der Waals surface area (Å²) < 4.78 is 5.16. The molecule has 1 amide bonds. The van der Waals surface area contributed by atoms with E-state index in [0.29, 0.717) is 6.54 Å². The third kappa shape index (κ3) is 10.4. The highest BCUT2D eigenvalue weighted by molar-refractivity contribution is 5.67. The summed E-state index contributed by atoms with van der Waals surface area (Å²) in [7, 11) is 2.09. The van der Waals surface area contributed by atoms with E-state index in [0.717, 1.165) is 19.6 Å². The van der Waals surface area contributed by atoms with Crippen LogP contribution in [0.1, 0.15) is 34.6 Å². The highest BCUT2D eigenvalue weighted by atomic mass is 16.6. The van der Waals surface area contributed by atoms with Crippen molar-refractivity contribution in [2.75, 3.05) is 33.2 Å². The van der Waals surface area contributed by atoms with Crippen LogP contribution in [0.2, 0.25) is 0 Å². The molecule has 18 heavy (non-hydrogen) atoms. The maximum absolute atomic E-state index is 11.4. The summed E-state index contributed by atoms with van der Waals surface area (Å²) in [5.41, 5.74) is -0.440. The van der Waals surface area contributed by atoms with Crippen molar-refractivity contribution in [1.82, 2.24) is 15.5 Å². The quantitative estimate of drug-likeness (QED) is 0.726. The molecule has 0 aliphatic heterocycles. The molecule has 0 aliphatic rings. The number of likely N-dealkylation sites (N-methyl/N-ethyl adjacent to an activating group) is 1. The molecule has 0 spiro atoms. The van der Waals surface area contributed by atoms with Crippen LogP contribution in [0.25, 0.3) is 0 Å². The normalized spacial score (nSPS) is 13.5. The molecule has 2 N–H and O–H groups in total. The number of hydrogen-bond acceptors (Lipinski definition) is 4. The number of alkyl carbamates (subject to hydrolysis) is 1. The fraction of sp³-hybridized carbons (Fsp3) is 0.923. The Hall–Kier alpha value is -0.810. The molecule has 5 heteroatoms. The van der Waals surface area contributed by atoms with Crippen LogP contribution in [0.5, 0.6) is 0 Å². The molecular weight excluding hydrogens is 230 g/mol. The standard InChI is InChI=1S/C13H29N3O2/c1-7-16(6)9-8-14-11(2)10-15-12(17)18-13(3,4)5/h11,14H,7-10H2,1-6H3,(H,15,17). The van der Waals surface area contributed by atoms with Gasteiger partial charge in [-0.3, -0.25) is 0 Å². The van der Waals surface area contributed by atoms with Crippen molar-refractivity contribution >= 4 is 6.09 Å². The van der Waals surface area contributed by atoms with Gasteiger partial charge in [0.15, 0.2) is 0 Å². The van der Waals surface area contributed by atoms with Crippen LogP contribution in [0.3, 0.4) is 0 Å². The number of hydrogen-bond donors (Lipinski definition) is 2. The molecule has 0 aromatic heterocycles. The van der Waals surface area contributed by atoms with E-state index >= 15 is 0 Å². The number of carbonyl (C=O) groups excluding carboxylic acids is 1. The third-order valence-corrected chi connectivity index (χ3v) is 2.48. The molecule has 1 unspecified atom stereocenters. The lowest BCUT2D eigenvalue weighted by atomic mass is 10.2. The second-order valence-electron chi connectivity index (χ2n) is 5.63. The Kier molecular flexibility index (Phi) is 7.95. The summed E-state index contributed by atoms with van der Waals surface area (Å²) in [6.45, 7) is 13.3. The van der Waals surface area contributed by atoms with Crippen LogP contribution in [0.15, 0.2) is 0 Å². The number of rotatable bonds is 7. The molecule has 0 saturated carbocycles. The van der Waals surface area contributed by atoms with Crippen LogP contribution in [-0.4, -0.2) is 55.9 Å². The van der Waals surface area contributed by atoms with E-state index < -0.39 is 5.60 Å². The zero-order valence-electron chi connectivity index (χ0n) is 12.7. The highest BCUT2D eigenvalue weighted by Crippen LogP contribution is 2.06. The van der Waals surface area contributed by atoms with E-state index in [1.54, 1.807) is 0 Å². The Morgan fingerprint density at radius 2 is 2.00 bits per heavy atom. The minimum absolute atomic E-state index is 0.239. The molecule has 0 aromatic rings. The van der Waals surface area contributed by atoms with Crippen LogP contribution in [0.4, 0.5) is 4.79 Å². The van der Waals surface area contributed by atoms with Gasteiger partial charge in [0.05, 0.1) is 0 Å². The first-order chi connectivity index (χ1) is 8.24. The van der Waals surface area contributed by atoms with Crippen molar-refractivity contribution in [2.24, 2.45) is 0 Å². The molecule has 1 atom stereocenters. The smallest absolute Gasteiger partial charge is 0.407 e. The summed E-state index contributed by atoms with van der Waals surface area (Å²) >= 11 is 0. The van der Waals surface area contributed by atoms with Crippen LogP contribution >= 0.6 is 0 Å². The number of carbonyl (C=O) groups is 1. The molecule has 0 heterocycles. The Morgan fingerprint density at radius 1 is 1.39 bits per heavy atom. The first kappa shape index (κ1) is 17.2. The van der Waals surface area contributed by atoms with Gasteiger partial charge in [-0.05, 0) is 41.3 Å². The maximum atomic E-state index is 11.4. The average molecular weight is 259 g/mol.